The molecule has 0 bridgehead atoms. The molecular formula is C12H10BNO. The minimum Gasteiger partial charge on any atom is -0.443 e. The molecule has 15 heavy (non-hydrogen) atoms. The number of nitriles is 1. The molecule has 1 aliphatic rings. The summed E-state index contributed by atoms with van der Waals surface area (Å²) in [7, 11) is 0. The highest BCUT2D eigenvalue weighted by Gasteiger charge is 2.19. The average Bonchev–Trinajstić information content (AvgIpc) is 2.81. The largest absolute Gasteiger partial charge is 0.443 e. The monoisotopic (exact) mass is 195 g/mol. The van der Waals surface area contributed by atoms with Gasteiger partial charge in [-0.2, -0.15) is 5.26 Å². The fraction of sp³-hybridized carbons (Fsp3) is 0.0833. The lowest BCUT2D eigenvalue weighted by Gasteiger charge is -2.07. The molecule has 0 atom stereocenters. The van der Waals surface area contributed by atoms with Gasteiger partial charge in [-0.05, 0) is 24.0 Å². The van der Waals surface area contributed by atoms with Crippen LogP contribution in [0.1, 0.15) is 12.0 Å². The summed E-state index contributed by atoms with van der Waals surface area (Å²) in [6, 6.07) is 9.16. The van der Waals surface area contributed by atoms with E-state index in [4.69, 9.17) is 5.26 Å². The van der Waals surface area contributed by atoms with Crippen LogP contribution in [0, 0.1) is 11.3 Å². The van der Waals surface area contributed by atoms with Gasteiger partial charge in [0.2, 0.25) is 0 Å². The zero-order valence-corrected chi connectivity index (χ0v) is 8.22. The molecule has 0 saturated heterocycles. The summed E-state index contributed by atoms with van der Waals surface area (Å²) in [5.41, 5.74) is 2.34. The van der Waals surface area contributed by atoms with Gasteiger partial charge < -0.3 is 5.02 Å². The van der Waals surface area contributed by atoms with Crippen LogP contribution in [-0.4, -0.2) is 11.9 Å². The average molecular weight is 195 g/mol. The molecule has 0 spiro atoms. The minimum absolute atomic E-state index is 0.582. The summed E-state index contributed by atoms with van der Waals surface area (Å²) >= 11 is 0. The zero-order chi connectivity index (χ0) is 10.7. The van der Waals surface area contributed by atoms with Crippen LogP contribution in [0.3, 0.4) is 0 Å². The Morgan fingerprint density at radius 3 is 2.93 bits per heavy atom. The highest BCUT2D eigenvalue weighted by molar-refractivity contribution is 6.73. The van der Waals surface area contributed by atoms with Crippen LogP contribution >= 0.6 is 0 Å². The van der Waals surface area contributed by atoms with E-state index < -0.39 is 6.92 Å². The molecule has 1 aromatic carbocycles. The highest BCUT2D eigenvalue weighted by atomic mass is 16.2. The summed E-state index contributed by atoms with van der Waals surface area (Å²) in [5, 5.41) is 18.8. The SMILES string of the molecule is N#Cc1cccc(B(O)C2=CC=CC2)c1. The molecule has 3 heteroatoms. The van der Waals surface area contributed by atoms with Crippen LogP contribution in [0.25, 0.3) is 0 Å². The second-order valence-corrected chi connectivity index (χ2v) is 3.51. The van der Waals surface area contributed by atoms with Gasteiger partial charge >= 0.3 is 6.92 Å². The summed E-state index contributed by atoms with van der Waals surface area (Å²) < 4.78 is 0. The van der Waals surface area contributed by atoms with Gasteiger partial charge in [0.25, 0.3) is 0 Å². The molecule has 0 aliphatic heterocycles. The predicted octanol–water partition coefficient (Wildman–Crippen LogP) is 1.17. The molecule has 0 saturated carbocycles. The number of allylic oxidation sites excluding steroid dienone is 4. The number of nitrogens with zero attached hydrogens (tertiary/aromatic N) is 1. The van der Waals surface area contributed by atoms with Crippen LogP contribution < -0.4 is 5.46 Å². The van der Waals surface area contributed by atoms with Crippen molar-refractivity contribution in [2.75, 3.05) is 0 Å². The van der Waals surface area contributed by atoms with Crippen molar-refractivity contribution in [2.24, 2.45) is 0 Å². The first kappa shape index (κ1) is 9.76. The standard InChI is InChI=1S/C12H10BNO/c14-9-10-4-3-7-12(8-10)13(15)11-5-1-2-6-11/h1-5,7-8,15H,6H2. The first-order valence-electron chi connectivity index (χ1n) is 4.85. The topological polar surface area (TPSA) is 44.0 Å². The maximum absolute atomic E-state index is 10.0. The third-order valence-corrected chi connectivity index (χ3v) is 2.48. The third kappa shape index (κ3) is 2.00. The molecule has 1 aromatic rings. The van der Waals surface area contributed by atoms with Crippen molar-refractivity contribution in [3.05, 3.63) is 53.5 Å². The molecule has 2 rings (SSSR count). The number of hydrogen-bond donors (Lipinski definition) is 1. The zero-order valence-electron chi connectivity index (χ0n) is 8.22. The van der Waals surface area contributed by atoms with Crippen molar-refractivity contribution < 1.29 is 5.02 Å². The Bertz CT molecular complexity index is 471. The Labute approximate surface area is 89.3 Å². The molecule has 0 amide bonds. The van der Waals surface area contributed by atoms with Crippen LogP contribution in [0.5, 0.6) is 0 Å². The lowest BCUT2D eigenvalue weighted by molar-refractivity contribution is 0.594. The highest BCUT2D eigenvalue weighted by Crippen LogP contribution is 2.12. The van der Waals surface area contributed by atoms with Gasteiger partial charge in [-0.15, -0.1) is 0 Å². The Kier molecular flexibility index (Phi) is 2.71. The Balaban J connectivity index is 2.26. The number of rotatable bonds is 2. The lowest BCUT2D eigenvalue weighted by atomic mass is 9.54. The van der Waals surface area contributed by atoms with Gasteiger partial charge in [-0.1, -0.05) is 35.8 Å². The van der Waals surface area contributed by atoms with Crippen LogP contribution in [0.15, 0.2) is 48.0 Å². The van der Waals surface area contributed by atoms with E-state index in [1.807, 2.05) is 24.3 Å². The van der Waals surface area contributed by atoms with E-state index >= 15 is 0 Å². The van der Waals surface area contributed by atoms with Gasteiger partial charge in [0.15, 0.2) is 0 Å². The Morgan fingerprint density at radius 1 is 1.40 bits per heavy atom. The molecule has 2 nitrogen and oxygen atoms in total. The summed E-state index contributed by atoms with van der Waals surface area (Å²) in [6.45, 7) is -0.590. The van der Waals surface area contributed by atoms with Crippen molar-refractivity contribution in [1.82, 2.24) is 0 Å². The van der Waals surface area contributed by atoms with E-state index in [1.54, 1.807) is 18.2 Å². The lowest BCUT2D eigenvalue weighted by Crippen LogP contribution is -2.32. The molecule has 72 valence electrons. The second kappa shape index (κ2) is 4.16. The molecule has 0 unspecified atom stereocenters. The van der Waals surface area contributed by atoms with E-state index in [9.17, 15) is 5.02 Å². The maximum atomic E-state index is 10.0. The number of benzene rings is 1. The minimum atomic E-state index is -0.590. The normalized spacial score (nSPS) is 13.5. The number of hydrogen-bond acceptors (Lipinski definition) is 2. The van der Waals surface area contributed by atoms with Crippen LogP contribution in [0.4, 0.5) is 0 Å². The summed E-state index contributed by atoms with van der Waals surface area (Å²) in [6.07, 6.45) is 6.65. The summed E-state index contributed by atoms with van der Waals surface area (Å²) in [5.74, 6) is 0. The quantitative estimate of drug-likeness (QED) is 0.720. The van der Waals surface area contributed by atoms with Crippen molar-refractivity contribution in [1.29, 1.82) is 5.26 Å². The molecule has 1 N–H and O–H groups in total. The van der Waals surface area contributed by atoms with E-state index in [-0.39, 0.29) is 0 Å². The van der Waals surface area contributed by atoms with E-state index in [1.165, 1.54) is 0 Å². The molecule has 0 heterocycles. The smallest absolute Gasteiger partial charge is 0.355 e. The van der Waals surface area contributed by atoms with Gasteiger partial charge in [-0.25, -0.2) is 0 Å². The van der Waals surface area contributed by atoms with Crippen molar-refractivity contribution in [3.63, 3.8) is 0 Å². The predicted molar refractivity (Wildman–Crippen MR) is 60.6 cm³/mol. The fourth-order valence-corrected chi connectivity index (χ4v) is 1.66. The molecule has 0 fully saturated rings. The van der Waals surface area contributed by atoms with Gasteiger partial charge in [0.05, 0.1) is 11.6 Å². The molecule has 0 aromatic heterocycles. The second-order valence-electron chi connectivity index (χ2n) is 3.51. The first-order chi connectivity index (χ1) is 7.31. The fourth-order valence-electron chi connectivity index (χ4n) is 1.66. The van der Waals surface area contributed by atoms with Gasteiger partial charge in [-0.3, -0.25) is 0 Å². The van der Waals surface area contributed by atoms with E-state index in [0.717, 1.165) is 17.4 Å². The maximum Gasteiger partial charge on any atom is 0.355 e. The first-order valence-corrected chi connectivity index (χ1v) is 4.85. The van der Waals surface area contributed by atoms with Gasteiger partial charge in [0.1, 0.15) is 0 Å². The third-order valence-electron chi connectivity index (χ3n) is 2.48. The van der Waals surface area contributed by atoms with Gasteiger partial charge in [0, 0.05) is 0 Å². The van der Waals surface area contributed by atoms with Crippen molar-refractivity contribution in [3.8, 4) is 6.07 Å². The Morgan fingerprint density at radius 2 is 2.27 bits per heavy atom. The molecule has 0 radical (unpaired) electrons. The van der Waals surface area contributed by atoms with Crippen molar-refractivity contribution in [2.45, 2.75) is 6.42 Å². The Hall–Kier alpha value is -1.79. The molecule has 1 aliphatic carbocycles. The van der Waals surface area contributed by atoms with E-state index in [0.29, 0.717) is 5.56 Å². The van der Waals surface area contributed by atoms with Crippen LogP contribution in [-0.2, 0) is 0 Å². The van der Waals surface area contributed by atoms with E-state index in [2.05, 4.69) is 6.07 Å². The van der Waals surface area contributed by atoms with Crippen LogP contribution in [0.2, 0.25) is 0 Å². The van der Waals surface area contributed by atoms with Crippen molar-refractivity contribution >= 4 is 12.4 Å². The molecular weight excluding hydrogens is 185 g/mol. The summed E-state index contributed by atoms with van der Waals surface area (Å²) in [4.78, 5) is 0.